The minimum absolute atomic E-state index is 0.00187. The lowest BCUT2D eigenvalue weighted by Crippen LogP contribution is -2.19. The number of rotatable bonds is 4. The van der Waals surface area contributed by atoms with Crippen molar-refractivity contribution in [1.82, 2.24) is 5.32 Å². The van der Waals surface area contributed by atoms with Crippen molar-refractivity contribution in [1.29, 1.82) is 0 Å². The van der Waals surface area contributed by atoms with Crippen molar-refractivity contribution in [3.63, 3.8) is 0 Å². The van der Waals surface area contributed by atoms with Crippen molar-refractivity contribution >= 4 is 0 Å². The fraction of sp³-hybridized carbons (Fsp3) is 0.294. The maximum Gasteiger partial charge on any atom is 0.127 e. The molecule has 0 bridgehead atoms. The monoisotopic (exact) mass is 257 g/mol. The molecular formula is C17H20FN. The van der Waals surface area contributed by atoms with Gasteiger partial charge in [-0.3, -0.25) is 0 Å². The Hall–Kier alpha value is -1.67. The van der Waals surface area contributed by atoms with Crippen LogP contribution in [0.4, 0.5) is 4.39 Å². The van der Waals surface area contributed by atoms with Crippen LogP contribution in [0.25, 0.3) is 0 Å². The molecule has 0 fully saturated rings. The van der Waals surface area contributed by atoms with E-state index < -0.39 is 0 Å². The summed E-state index contributed by atoms with van der Waals surface area (Å²) in [6.45, 7) is 6.92. The van der Waals surface area contributed by atoms with E-state index in [-0.39, 0.29) is 11.9 Å². The van der Waals surface area contributed by atoms with Crippen molar-refractivity contribution in [3.8, 4) is 0 Å². The van der Waals surface area contributed by atoms with Crippen molar-refractivity contribution < 1.29 is 4.39 Å². The number of hydrogen-bond donors (Lipinski definition) is 1. The van der Waals surface area contributed by atoms with E-state index in [0.717, 1.165) is 6.54 Å². The van der Waals surface area contributed by atoms with E-state index in [1.807, 2.05) is 19.1 Å². The first kappa shape index (κ1) is 13.8. The summed E-state index contributed by atoms with van der Waals surface area (Å²) in [7, 11) is 0. The van der Waals surface area contributed by atoms with Crippen molar-refractivity contribution in [2.24, 2.45) is 0 Å². The highest BCUT2D eigenvalue weighted by atomic mass is 19.1. The van der Waals surface area contributed by atoms with Gasteiger partial charge in [0.05, 0.1) is 0 Å². The highest BCUT2D eigenvalue weighted by molar-refractivity contribution is 5.28. The van der Waals surface area contributed by atoms with E-state index in [2.05, 4.69) is 37.4 Å². The molecular weight excluding hydrogens is 237 g/mol. The molecule has 0 aliphatic heterocycles. The van der Waals surface area contributed by atoms with Crippen molar-refractivity contribution in [2.45, 2.75) is 33.4 Å². The van der Waals surface area contributed by atoms with Gasteiger partial charge < -0.3 is 5.32 Å². The maximum atomic E-state index is 13.7. The third kappa shape index (κ3) is 3.65. The van der Waals surface area contributed by atoms with Crippen LogP contribution in [0.3, 0.4) is 0 Å². The third-order valence-corrected chi connectivity index (χ3v) is 3.27. The number of halogens is 1. The van der Waals surface area contributed by atoms with Crippen LogP contribution in [0.2, 0.25) is 0 Å². The van der Waals surface area contributed by atoms with Gasteiger partial charge in [0, 0.05) is 18.2 Å². The molecule has 2 heteroatoms. The molecule has 0 saturated heterocycles. The van der Waals surface area contributed by atoms with E-state index in [9.17, 15) is 4.39 Å². The second kappa shape index (κ2) is 5.98. The van der Waals surface area contributed by atoms with Gasteiger partial charge in [-0.2, -0.15) is 0 Å². The normalized spacial score (nSPS) is 12.4. The second-order valence-corrected chi connectivity index (χ2v) is 5.12. The van der Waals surface area contributed by atoms with Crippen LogP contribution in [-0.4, -0.2) is 0 Å². The minimum Gasteiger partial charge on any atom is -0.306 e. The summed E-state index contributed by atoms with van der Waals surface area (Å²) in [5.74, 6) is -0.150. The lowest BCUT2D eigenvalue weighted by atomic mass is 10.1. The van der Waals surface area contributed by atoms with E-state index in [0.29, 0.717) is 5.56 Å². The zero-order valence-electron chi connectivity index (χ0n) is 11.7. The van der Waals surface area contributed by atoms with Gasteiger partial charge in [-0.05, 0) is 32.4 Å². The number of aryl methyl sites for hydroxylation is 2. The van der Waals surface area contributed by atoms with Crippen LogP contribution < -0.4 is 5.32 Å². The molecule has 0 unspecified atom stereocenters. The van der Waals surface area contributed by atoms with E-state index in [1.165, 1.54) is 22.8 Å². The molecule has 0 aromatic heterocycles. The number of benzene rings is 2. The Kier molecular flexibility index (Phi) is 4.33. The number of hydrogen-bond acceptors (Lipinski definition) is 1. The van der Waals surface area contributed by atoms with Crippen molar-refractivity contribution in [3.05, 3.63) is 70.5 Å². The summed E-state index contributed by atoms with van der Waals surface area (Å²) in [6, 6.07) is 13.4. The molecule has 2 rings (SSSR count). The third-order valence-electron chi connectivity index (χ3n) is 3.27. The summed E-state index contributed by atoms with van der Waals surface area (Å²) in [5, 5.41) is 3.37. The first-order valence-corrected chi connectivity index (χ1v) is 6.61. The van der Waals surface area contributed by atoms with Crippen molar-refractivity contribution in [2.75, 3.05) is 0 Å². The molecule has 100 valence electrons. The van der Waals surface area contributed by atoms with Crippen LogP contribution in [0.1, 0.15) is 35.2 Å². The summed E-state index contributed by atoms with van der Waals surface area (Å²) in [5.41, 5.74) is 4.47. The van der Waals surface area contributed by atoms with Crippen LogP contribution in [-0.2, 0) is 6.54 Å². The molecule has 1 atom stereocenters. The number of nitrogens with one attached hydrogen (secondary N) is 1. The molecule has 2 aromatic carbocycles. The summed E-state index contributed by atoms with van der Waals surface area (Å²) in [4.78, 5) is 0. The average molecular weight is 257 g/mol. The summed E-state index contributed by atoms with van der Waals surface area (Å²) in [6.07, 6.45) is 0. The fourth-order valence-corrected chi connectivity index (χ4v) is 2.38. The SMILES string of the molecule is Cc1cc(C)cc(CN[C@H](C)c2ccccc2F)c1. The predicted octanol–water partition coefficient (Wildman–Crippen LogP) is 4.29. The standard InChI is InChI=1S/C17H20FN/c1-12-8-13(2)10-15(9-12)11-19-14(3)16-6-4-5-7-17(16)18/h4-10,14,19H,11H2,1-3H3/t14-/m1/s1. The zero-order valence-corrected chi connectivity index (χ0v) is 11.7. The molecule has 0 amide bonds. The van der Waals surface area contributed by atoms with Gasteiger partial charge in [-0.25, -0.2) is 4.39 Å². The first-order chi connectivity index (χ1) is 9.06. The molecule has 0 aliphatic rings. The Morgan fingerprint density at radius 3 is 2.32 bits per heavy atom. The van der Waals surface area contributed by atoms with Crippen LogP contribution in [0, 0.1) is 19.7 Å². The van der Waals surface area contributed by atoms with E-state index >= 15 is 0 Å². The maximum absolute atomic E-state index is 13.7. The van der Waals surface area contributed by atoms with Gasteiger partial charge in [-0.15, -0.1) is 0 Å². The lowest BCUT2D eigenvalue weighted by molar-refractivity contribution is 0.528. The Bertz CT molecular complexity index is 543. The fourth-order valence-electron chi connectivity index (χ4n) is 2.38. The van der Waals surface area contributed by atoms with Gasteiger partial charge in [-0.1, -0.05) is 47.5 Å². The van der Waals surface area contributed by atoms with Crippen LogP contribution in [0.15, 0.2) is 42.5 Å². The Balaban J connectivity index is 2.04. The highest BCUT2D eigenvalue weighted by Crippen LogP contribution is 2.17. The highest BCUT2D eigenvalue weighted by Gasteiger charge is 2.09. The van der Waals surface area contributed by atoms with Gasteiger partial charge >= 0.3 is 0 Å². The zero-order chi connectivity index (χ0) is 13.8. The summed E-state index contributed by atoms with van der Waals surface area (Å²) >= 11 is 0. The first-order valence-electron chi connectivity index (χ1n) is 6.61. The molecule has 2 aromatic rings. The molecule has 0 spiro atoms. The largest absolute Gasteiger partial charge is 0.306 e. The molecule has 1 N–H and O–H groups in total. The molecule has 19 heavy (non-hydrogen) atoms. The second-order valence-electron chi connectivity index (χ2n) is 5.12. The lowest BCUT2D eigenvalue weighted by Gasteiger charge is -2.15. The van der Waals surface area contributed by atoms with Crippen LogP contribution in [0.5, 0.6) is 0 Å². The Morgan fingerprint density at radius 1 is 1.05 bits per heavy atom. The van der Waals surface area contributed by atoms with Crippen LogP contribution >= 0.6 is 0 Å². The van der Waals surface area contributed by atoms with Gasteiger partial charge in [0.25, 0.3) is 0 Å². The van der Waals surface area contributed by atoms with Gasteiger partial charge in [0.2, 0.25) is 0 Å². The Labute approximate surface area is 114 Å². The molecule has 0 saturated carbocycles. The molecule has 0 radical (unpaired) electrons. The molecule has 1 nitrogen and oxygen atoms in total. The summed E-state index contributed by atoms with van der Waals surface area (Å²) < 4.78 is 13.7. The topological polar surface area (TPSA) is 12.0 Å². The van der Waals surface area contributed by atoms with Gasteiger partial charge in [0.15, 0.2) is 0 Å². The smallest absolute Gasteiger partial charge is 0.127 e. The average Bonchev–Trinajstić information content (AvgIpc) is 2.35. The van der Waals surface area contributed by atoms with Gasteiger partial charge in [0.1, 0.15) is 5.82 Å². The molecule has 0 aliphatic carbocycles. The molecule has 0 heterocycles. The Morgan fingerprint density at radius 2 is 1.68 bits per heavy atom. The quantitative estimate of drug-likeness (QED) is 0.861. The van der Waals surface area contributed by atoms with E-state index in [4.69, 9.17) is 0 Å². The minimum atomic E-state index is -0.150. The predicted molar refractivity (Wildman–Crippen MR) is 77.6 cm³/mol. The van der Waals surface area contributed by atoms with E-state index in [1.54, 1.807) is 6.07 Å².